The molecule has 1 nitrogen and oxygen atoms in total. The Morgan fingerprint density at radius 2 is 1.38 bits per heavy atom. The predicted molar refractivity (Wildman–Crippen MR) is 100 cm³/mol. The molecular formula is C23H18F2O. The summed E-state index contributed by atoms with van der Waals surface area (Å²) in [6, 6.07) is 18.7. The van der Waals surface area contributed by atoms with Gasteiger partial charge >= 0.3 is 0 Å². The summed E-state index contributed by atoms with van der Waals surface area (Å²) in [5, 5.41) is 0. The Bertz CT molecular complexity index is 962. The molecule has 0 aliphatic carbocycles. The van der Waals surface area contributed by atoms with Crippen LogP contribution in [0.5, 0.6) is 5.75 Å². The minimum absolute atomic E-state index is 0.00793. The fraction of sp³-hybridized carbons (Fsp3) is 0.130. The van der Waals surface area contributed by atoms with Crippen molar-refractivity contribution < 1.29 is 13.5 Å². The summed E-state index contributed by atoms with van der Waals surface area (Å²) in [6.45, 7) is 4.03. The van der Waals surface area contributed by atoms with Crippen molar-refractivity contribution in [1.29, 1.82) is 0 Å². The fourth-order valence-corrected chi connectivity index (χ4v) is 2.53. The van der Waals surface area contributed by atoms with Crippen molar-refractivity contribution in [3.05, 3.63) is 89.0 Å². The molecule has 0 aromatic heterocycles. The molecule has 130 valence electrons. The summed E-state index contributed by atoms with van der Waals surface area (Å²) in [5.74, 6) is 3.46. The lowest BCUT2D eigenvalue weighted by atomic mass is 10.0. The first-order chi connectivity index (χ1) is 12.6. The van der Waals surface area contributed by atoms with Crippen LogP contribution in [0.2, 0.25) is 0 Å². The first kappa shape index (κ1) is 17.7. The lowest BCUT2D eigenvalue weighted by Crippen LogP contribution is -1.98. The highest BCUT2D eigenvalue weighted by molar-refractivity contribution is 5.64. The van der Waals surface area contributed by atoms with E-state index in [-0.39, 0.29) is 17.9 Å². The van der Waals surface area contributed by atoms with Crippen molar-refractivity contribution in [1.82, 2.24) is 0 Å². The molecule has 0 amide bonds. The third-order valence-corrected chi connectivity index (χ3v) is 3.96. The van der Waals surface area contributed by atoms with E-state index in [9.17, 15) is 8.78 Å². The normalized spacial score (nSPS) is 10.2. The average Bonchev–Trinajstić information content (AvgIpc) is 2.66. The quantitative estimate of drug-likeness (QED) is 0.549. The van der Waals surface area contributed by atoms with Crippen molar-refractivity contribution >= 4 is 0 Å². The second-order valence-electron chi connectivity index (χ2n) is 5.87. The topological polar surface area (TPSA) is 9.23 Å². The van der Waals surface area contributed by atoms with E-state index in [1.54, 1.807) is 6.92 Å². The van der Waals surface area contributed by atoms with Gasteiger partial charge in [0.25, 0.3) is 0 Å². The number of rotatable bonds is 3. The number of benzene rings is 3. The molecule has 0 fully saturated rings. The second kappa shape index (κ2) is 7.84. The Kier molecular flexibility index (Phi) is 5.34. The van der Waals surface area contributed by atoms with Crippen LogP contribution in [0.3, 0.4) is 0 Å². The van der Waals surface area contributed by atoms with Gasteiger partial charge in [0, 0.05) is 5.56 Å². The Morgan fingerprint density at radius 1 is 0.769 bits per heavy atom. The number of aryl methyl sites for hydroxylation is 1. The smallest absolute Gasteiger partial charge is 0.201 e. The first-order valence-electron chi connectivity index (χ1n) is 8.38. The zero-order chi connectivity index (χ0) is 18.5. The lowest BCUT2D eigenvalue weighted by molar-refractivity contribution is 0.314. The standard InChI is InChI=1S/C23H18F2O/c1-3-26-21-15-14-20(22(24)23(21)25)13-8-17-6-11-19(12-7-17)18-9-4-16(2)5-10-18/h4-7,9-12,14-15H,3H2,1-2H3. The molecule has 3 aromatic rings. The first-order valence-corrected chi connectivity index (χ1v) is 8.38. The van der Waals surface area contributed by atoms with Crippen LogP contribution >= 0.6 is 0 Å². The molecule has 0 radical (unpaired) electrons. The van der Waals surface area contributed by atoms with Gasteiger partial charge in [0.2, 0.25) is 5.82 Å². The molecule has 0 atom stereocenters. The Hall–Kier alpha value is -3.12. The van der Waals surface area contributed by atoms with Crippen LogP contribution in [-0.4, -0.2) is 6.61 Å². The summed E-state index contributed by atoms with van der Waals surface area (Å²) in [5.41, 5.74) is 4.15. The van der Waals surface area contributed by atoms with Crippen molar-refractivity contribution in [3.63, 3.8) is 0 Å². The van der Waals surface area contributed by atoms with E-state index in [1.807, 2.05) is 31.2 Å². The minimum Gasteiger partial charge on any atom is -0.491 e. The SMILES string of the molecule is CCOc1ccc(C#Cc2ccc(-c3ccc(C)cc3)cc2)c(F)c1F. The maximum Gasteiger partial charge on any atom is 0.201 e. The Labute approximate surface area is 152 Å². The maximum atomic E-state index is 14.0. The van der Waals surface area contributed by atoms with Crippen LogP contribution < -0.4 is 4.74 Å². The van der Waals surface area contributed by atoms with Crippen LogP contribution in [0.4, 0.5) is 8.78 Å². The predicted octanol–water partition coefficient (Wildman–Crippen LogP) is 5.74. The molecule has 0 saturated heterocycles. The van der Waals surface area contributed by atoms with Gasteiger partial charge in [0.05, 0.1) is 12.2 Å². The van der Waals surface area contributed by atoms with Crippen LogP contribution in [0.15, 0.2) is 60.7 Å². The van der Waals surface area contributed by atoms with Gasteiger partial charge in [-0.25, -0.2) is 4.39 Å². The Balaban J connectivity index is 1.82. The molecule has 0 N–H and O–H groups in total. The van der Waals surface area contributed by atoms with Crippen LogP contribution in [0.25, 0.3) is 11.1 Å². The van der Waals surface area contributed by atoms with Crippen molar-refractivity contribution in [2.75, 3.05) is 6.61 Å². The molecule has 0 heterocycles. The summed E-state index contributed by atoms with van der Waals surface area (Å²) in [7, 11) is 0. The monoisotopic (exact) mass is 348 g/mol. The third kappa shape index (κ3) is 3.92. The van der Waals surface area contributed by atoms with Crippen LogP contribution in [-0.2, 0) is 0 Å². The number of ether oxygens (including phenoxy) is 1. The maximum absolute atomic E-state index is 14.0. The molecular weight excluding hydrogens is 330 g/mol. The van der Waals surface area contributed by atoms with Crippen molar-refractivity contribution in [2.24, 2.45) is 0 Å². The largest absolute Gasteiger partial charge is 0.491 e. The molecule has 0 aliphatic heterocycles. The van der Waals surface area contributed by atoms with Gasteiger partial charge in [-0.3, -0.25) is 0 Å². The molecule has 3 rings (SSSR count). The molecule has 3 heteroatoms. The number of hydrogen-bond acceptors (Lipinski definition) is 1. The molecule has 26 heavy (non-hydrogen) atoms. The second-order valence-corrected chi connectivity index (χ2v) is 5.87. The summed E-state index contributed by atoms with van der Waals surface area (Å²) in [6.07, 6.45) is 0. The van der Waals surface area contributed by atoms with E-state index >= 15 is 0 Å². The summed E-state index contributed by atoms with van der Waals surface area (Å²) >= 11 is 0. The summed E-state index contributed by atoms with van der Waals surface area (Å²) in [4.78, 5) is 0. The van der Waals surface area contributed by atoms with E-state index in [4.69, 9.17) is 4.74 Å². The van der Waals surface area contributed by atoms with E-state index < -0.39 is 11.6 Å². The minimum atomic E-state index is -1.01. The van der Waals surface area contributed by atoms with E-state index in [1.165, 1.54) is 17.7 Å². The number of halogens is 2. The molecule has 0 spiro atoms. The van der Waals surface area contributed by atoms with Gasteiger partial charge < -0.3 is 4.74 Å². The van der Waals surface area contributed by atoms with E-state index in [0.29, 0.717) is 0 Å². The highest BCUT2D eigenvalue weighted by Gasteiger charge is 2.12. The van der Waals surface area contributed by atoms with Crippen LogP contribution in [0.1, 0.15) is 23.6 Å². The lowest BCUT2D eigenvalue weighted by Gasteiger charge is -2.05. The Morgan fingerprint density at radius 3 is 2.00 bits per heavy atom. The third-order valence-electron chi connectivity index (χ3n) is 3.96. The number of hydrogen-bond donors (Lipinski definition) is 0. The fourth-order valence-electron chi connectivity index (χ4n) is 2.53. The zero-order valence-electron chi connectivity index (χ0n) is 14.6. The van der Waals surface area contributed by atoms with Gasteiger partial charge in [0.1, 0.15) is 0 Å². The average molecular weight is 348 g/mol. The van der Waals surface area contributed by atoms with E-state index in [0.717, 1.165) is 16.7 Å². The van der Waals surface area contributed by atoms with Crippen molar-refractivity contribution in [2.45, 2.75) is 13.8 Å². The van der Waals surface area contributed by atoms with Crippen LogP contribution in [0, 0.1) is 30.4 Å². The van der Waals surface area contributed by atoms with Gasteiger partial charge in [-0.05, 0) is 49.2 Å². The highest BCUT2D eigenvalue weighted by Crippen LogP contribution is 2.23. The zero-order valence-corrected chi connectivity index (χ0v) is 14.6. The van der Waals surface area contributed by atoms with Gasteiger partial charge in [-0.1, -0.05) is 53.8 Å². The molecule has 0 unspecified atom stereocenters. The van der Waals surface area contributed by atoms with Gasteiger partial charge in [-0.15, -0.1) is 0 Å². The van der Waals surface area contributed by atoms with E-state index in [2.05, 4.69) is 36.1 Å². The summed E-state index contributed by atoms with van der Waals surface area (Å²) < 4.78 is 33.0. The van der Waals surface area contributed by atoms with Gasteiger partial charge in [-0.2, -0.15) is 4.39 Å². The van der Waals surface area contributed by atoms with Gasteiger partial charge in [0.15, 0.2) is 11.6 Å². The molecule has 3 aromatic carbocycles. The molecule has 0 saturated carbocycles. The highest BCUT2D eigenvalue weighted by atomic mass is 19.2. The van der Waals surface area contributed by atoms with Crippen molar-refractivity contribution in [3.8, 4) is 28.7 Å². The molecule has 0 aliphatic rings. The molecule has 0 bridgehead atoms.